The fourth-order valence-electron chi connectivity index (χ4n) is 3.41. The summed E-state index contributed by atoms with van der Waals surface area (Å²) in [4.78, 5) is 20.6. The van der Waals surface area contributed by atoms with Crippen LogP contribution in [0.2, 0.25) is 0 Å². The Hall–Kier alpha value is -1.49. The molecule has 5 nitrogen and oxygen atoms in total. The first kappa shape index (κ1) is 13.5. The van der Waals surface area contributed by atoms with Gasteiger partial charge in [-0.15, -0.1) is 0 Å². The molecule has 0 amide bonds. The maximum Gasteiger partial charge on any atom is 0.216 e. The number of nitrogens with zero attached hydrogens (tertiary/aromatic N) is 2. The Morgan fingerprint density at radius 1 is 1.40 bits per heavy atom. The molecule has 0 radical (unpaired) electrons. The Labute approximate surface area is 118 Å². The van der Waals surface area contributed by atoms with Crippen LogP contribution in [0.5, 0.6) is 5.88 Å². The monoisotopic (exact) mass is 276 g/mol. The van der Waals surface area contributed by atoms with E-state index in [1.165, 1.54) is 19.2 Å². The highest BCUT2D eigenvalue weighted by Crippen LogP contribution is 2.42. The summed E-state index contributed by atoms with van der Waals surface area (Å²) < 4.78 is 11.0. The summed E-state index contributed by atoms with van der Waals surface area (Å²) in [6, 6.07) is 1.62. The number of hydrogen-bond acceptors (Lipinski definition) is 5. The van der Waals surface area contributed by atoms with Crippen LogP contribution in [0.4, 0.5) is 0 Å². The Morgan fingerprint density at radius 2 is 2.20 bits per heavy atom. The zero-order chi connectivity index (χ0) is 14.0. The summed E-state index contributed by atoms with van der Waals surface area (Å²) in [7, 11) is 1.54. The summed E-state index contributed by atoms with van der Waals surface area (Å²) in [5, 5.41) is 0. The van der Waals surface area contributed by atoms with Gasteiger partial charge in [-0.05, 0) is 25.7 Å². The van der Waals surface area contributed by atoms with Crippen molar-refractivity contribution in [1.82, 2.24) is 9.97 Å². The number of carbonyl (C=O) groups excluding carboxylic acids is 1. The molecule has 1 aliphatic carbocycles. The topological polar surface area (TPSA) is 61.3 Å². The van der Waals surface area contributed by atoms with Crippen LogP contribution < -0.4 is 4.74 Å². The highest BCUT2D eigenvalue weighted by Gasteiger charge is 2.42. The Balaban J connectivity index is 1.76. The molecule has 1 aliphatic heterocycles. The molecule has 5 heteroatoms. The van der Waals surface area contributed by atoms with E-state index >= 15 is 0 Å². The van der Waals surface area contributed by atoms with Gasteiger partial charge in [-0.1, -0.05) is 12.8 Å². The highest BCUT2D eigenvalue weighted by atomic mass is 16.5. The third-order valence-corrected chi connectivity index (χ3v) is 4.48. The van der Waals surface area contributed by atoms with Gasteiger partial charge in [0.15, 0.2) is 5.78 Å². The highest BCUT2D eigenvalue weighted by molar-refractivity contribution is 5.96. The molecule has 2 fully saturated rings. The quantitative estimate of drug-likeness (QED) is 0.793. The fraction of sp³-hybridized carbons (Fsp3) is 0.667. The van der Waals surface area contributed by atoms with Gasteiger partial charge in [-0.25, -0.2) is 9.97 Å². The lowest BCUT2D eigenvalue weighted by atomic mass is 9.81. The van der Waals surface area contributed by atoms with E-state index in [2.05, 4.69) is 9.97 Å². The van der Waals surface area contributed by atoms with E-state index < -0.39 is 0 Å². The maximum atomic E-state index is 12.6. The number of rotatable bonds is 3. The largest absolute Gasteiger partial charge is 0.481 e. The van der Waals surface area contributed by atoms with Crippen molar-refractivity contribution in [2.75, 3.05) is 13.7 Å². The molecular formula is C15H20N2O3. The van der Waals surface area contributed by atoms with Crippen LogP contribution in [0.3, 0.4) is 0 Å². The molecule has 108 valence electrons. The first-order valence-electron chi connectivity index (χ1n) is 7.27. The van der Waals surface area contributed by atoms with Crippen molar-refractivity contribution < 1.29 is 14.3 Å². The lowest BCUT2D eigenvalue weighted by molar-refractivity contribution is -0.0866. The standard InChI is InChI=1S/C15H20N2O3/c1-19-13-8-12(16-10-17-13)14(18)11-4-7-20-15(9-11)5-2-3-6-15/h8,10-11H,2-7,9H2,1H3. The molecule has 1 spiro atoms. The molecule has 1 atom stereocenters. The Kier molecular flexibility index (Phi) is 3.70. The second-order valence-electron chi connectivity index (χ2n) is 5.74. The van der Waals surface area contributed by atoms with Crippen molar-refractivity contribution in [2.45, 2.75) is 44.1 Å². The summed E-state index contributed by atoms with van der Waals surface area (Å²) in [5.74, 6) is 0.549. The molecule has 0 bridgehead atoms. The smallest absolute Gasteiger partial charge is 0.216 e. The number of methoxy groups -OCH3 is 1. The van der Waals surface area contributed by atoms with Crippen LogP contribution in [0.25, 0.3) is 0 Å². The normalized spacial score (nSPS) is 24.8. The van der Waals surface area contributed by atoms with Crippen LogP contribution in [0.15, 0.2) is 12.4 Å². The lowest BCUT2D eigenvalue weighted by Gasteiger charge is -2.37. The van der Waals surface area contributed by atoms with Crippen molar-refractivity contribution >= 4 is 5.78 Å². The van der Waals surface area contributed by atoms with Crippen LogP contribution >= 0.6 is 0 Å². The summed E-state index contributed by atoms with van der Waals surface area (Å²) in [5.41, 5.74) is 0.410. The number of Topliss-reactive ketones (excluding diaryl/α,β-unsaturated/α-hetero) is 1. The molecule has 1 unspecified atom stereocenters. The first-order valence-corrected chi connectivity index (χ1v) is 7.27. The molecule has 2 heterocycles. The van der Waals surface area contributed by atoms with Gasteiger partial charge >= 0.3 is 0 Å². The van der Waals surface area contributed by atoms with Gasteiger partial charge in [-0.3, -0.25) is 4.79 Å². The predicted molar refractivity (Wildman–Crippen MR) is 72.8 cm³/mol. The zero-order valence-corrected chi connectivity index (χ0v) is 11.8. The molecule has 0 N–H and O–H groups in total. The van der Waals surface area contributed by atoms with Gasteiger partial charge in [0.05, 0.1) is 12.7 Å². The van der Waals surface area contributed by atoms with E-state index in [1.807, 2.05) is 0 Å². The van der Waals surface area contributed by atoms with Crippen LogP contribution in [0.1, 0.15) is 49.0 Å². The molecule has 1 saturated carbocycles. The molecule has 1 saturated heterocycles. The van der Waals surface area contributed by atoms with Gasteiger partial charge in [0.2, 0.25) is 5.88 Å². The SMILES string of the molecule is COc1cc(C(=O)C2CCOC3(CCCC3)C2)ncn1. The average Bonchev–Trinajstić information content (AvgIpc) is 2.94. The molecule has 2 aliphatic rings. The number of aromatic nitrogens is 2. The van der Waals surface area contributed by atoms with E-state index in [1.54, 1.807) is 13.2 Å². The van der Waals surface area contributed by atoms with Crippen molar-refractivity contribution in [3.05, 3.63) is 18.1 Å². The number of ether oxygens (including phenoxy) is 2. The minimum Gasteiger partial charge on any atom is -0.481 e. The van der Waals surface area contributed by atoms with Crippen LogP contribution in [-0.4, -0.2) is 35.1 Å². The third kappa shape index (κ3) is 2.54. The summed E-state index contributed by atoms with van der Waals surface area (Å²) in [6.45, 7) is 0.679. The van der Waals surface area contributed by atoms with Gasteiger partial charge < -0.3 is 9.47 Å². The van der Waals surface area contributed by atoms with E-state index in [0.717, 1.165) is 25.7 Å². The zero-order valence-electron chi connectivity index (χ0n) is 11.8. The number of hydrogen-bond donors (Lipinski definition) is 0. The van der Waals surface area contributed by atoms with Gasteiger partial charge in [-0.2, -0.15) is 0 Å². The minimum atomic E-state index is -0.0459. The maximum absolute atomic E-state index is 12.6. The van der Waals surface area contributed by atoms with Gasteiger partial charge in [0.25, 0.3) is 0 Å². The molecule has 0 aromatic carbocycles. The van der Waals surface area contributed by atoms with Crippen molar-refractivity contribution in [1.29, 1.82) is 0 Å². The summed E-state index contributed by atoms with van der Waals surface area (Å²) in [6.07, 6.45) is 7.60. The van der Waals surface area contributed by atoms with E-state index in [4.69, 9.17) is 9.47 Å². The van der Waals surface area contributed by atoms with Gasteiger partial charge in [0.1, 0.15) is 12.0 Å². The second-order valence-corrected chi connectivity index (χ2v) is 5.74. The first-order chi connectivity index (χ1) is 9.72. The molecule has 1 aromatic heterocycles. The minimum absolute atomic E-state index is 0.0152. The molecule has 20 heavy (non-hydrogen) atoms. The van der Waals surface area contributed by atoms with Crippen LogP contribution in [-0.2, 0) is 4.74 Å². The van der Waals surface area contributed by atoms with Gasteiger partial charge in [0, 0.05) is 18.6 Å². The number of ketones is 1. The Morgan fingerprint density at radius 3 is 2.95 bits per heavy atom. The number of carbonyl (C=O) groups is 1. The predicted octanol–water partition coefficient (Wildman–Crippen LogP) is 2.41. The summed E-state index contributed by atoms with van der Waals surface area (Å²) >= 11 is 0. The van der Waals surface area contributed by atoms with Crippen LogP contribution in [0, 0.1) is 5.92 Å². The molecule has 3 rings (SSSR count). The van der Waals surface area contributed by atoms with E-state index in [0.29, 0.717) is 18.2 Å². The molecule has 1 aromatic rings. The Bertz CT molecular complexity index is 498. The second kappa shape index (κ2) is 5.48. The molecular weight excluding hydrogens is 256 g/mol. The van der Waals surface area contributed by atoms with E-state index in [-0.39, 0.29) is 17.3 Å². The van der Waals surface area contributed by atoms with E-state index in [9.17, 15) is 4.79 Å². The third-order valence-electron chi connectivity index (χ3n) is 4.48. The lowest BCUT2D eigenvalue weighted by Crippen LogP contribution is -2.40. The van der Waals surface area contributed by atoms with Crippen molar-refractivity contribution in [3.63, 3.8) is 0 Å². The van der Waals surface area contributed by atoms with Crippen molar-refractivity contribution in [3.8, 4) is 5.88 Å². The average molecular weight is 276 g/mol. The van der Waals surface area contributed by atoms with Crippen molar-refractivity contribution in [2.24, 2.45) is 5.92 Å². The fourth-order valence-corrected chi connectivity index (χ4v) is 3.41.